The highest BCUT2D eigenvalue weighted by Crippen LogP contribution is 2.69. The van der Waals surface area contributed by atoms with Crippen molar-refractivity contribution < 1.29 is 33.8 Å². The normalized spacial score (nSPS) is 28.0. The minimum atomic E-state index is -1.24. The molecule has 7 rings (SSSR count). The maximum atomic E-state index is 13.5. The number of halogens is 1. The number of amides is 3. The molecule has 11 nitrogen and oxygen atoms in total. The van der Waals surface area contributed by atoms with Crippen molar-refractivity contribution in [2.24, 2.45) is 29.6 Å². The van der Waals surface area contributed by atoms with Crippen LogP contribution >= 0.6 is 34.7 Å². The zero-order valence-corrected chi connectivity index (χ0v) is 25.5. The Morgan fingerprint density at radius 3 is 2.52 bits per heavy atom. The Hall–Kier alpha value is -3.81. The number of likely N-dealkylation sites (tertiary alicyclic amines) is 1. The lowest BCUT2D eigenvalue weighted by atomic mass is 9.68. The van der Waals surface area contributed by atoms with Gasteiger partial charge in [0.2, 0.25) is 11.8 Å². The molecule has 2 aromatic carbocycles. The number of carboxylic acids is 1. The van der Waals surface area contributed by atoms with E-state index >= 15 is 0 Å². The number of fused-ring (bicyclic) bond motifs is 9. The smallest absolute Gasteiger partial charge is 0.323 e. The maximum absolute atomic E-state index is 13.5. The molecule has 44 heavy (non-hydrogen) atoms. The number of benzene rings is 2. The molecule has 7 atom stereocenters. The standard InChI is InChI=1S/C30H26ClN3O8S2/c1-41-14-5-3-13(4-6-14)32-19(35)11-42-18-7-2-12(31)8-15(18)21-22-16-9-17(25(22)43-27-26(21)44-30(40)33-27)24-23(16)28(38)34(29(24)39)10-20(36)37/h2-8,16-17,21-25H,9-11H2,1H3,(H,32,35)(H,33,40)(H,36,37)/t16?,17?,21-,22?,23?,24?,25?/m1/s1. The van der Waals surface area contributed by atoms with E-state index in [2.05, 4.69) is 10.3 Å². The summed E-state index contributed by atoms with van der Waals surface area (Å²) < 4.78 is 11.2. The SMILES string of the molecule is COc1ccc(NC(=O)COc2ccc(Cl)cc2[C@H]2c3sc(=O)[nH]c3SC3C4CC(C5C(=O)N(CC(=O)O)C(=O)C45)C32)cc1. The van der Waals surface area contributed by atoms with Crippen molar-refractivity contribution in [2.75, 3.05) is 25.6 Å². The van der Waals surface area contributed by atoms with Gasteiger partial charge in [-0.2, -0.15) is 0 Å². The number of imide groups is 1. The summed E-state index contributed by atoms with van der Waals surface area (Å²) in [7, 11) is 1.56. The molecular formula is C30H26ClN3O8S2. The first-order valence-corrected chi connectivity index (χ1v) is 16.0. The Bertz CT molecular complexity index is 1760. The lowest BCUT2D eigenvalue weighted by molar-refractivity contribution is -0.149. The molecule has 1 aromatic heterocycles. The quantitative estimate of drug-likeness (QED) is 0.308. The number of thiazole rings is 1. The Kier molecular flexibility index (Phi) is 7.21. The van der Waals surface area contributed by atoms with Crippen molar-refractivity contribution in [1.29, 1.82) is 0 Å². The Labute approximate surface area is 263 Å². The summed E-state index contributed by atoms with van der Waals surface area (Å²) in [4.78, 5) is 68.1. The van der Waals surface area contributed by atoms with Crippen LogP contribution in [0, 0.1) is 29.6 Å². The van der Waals surface area contributed by atoms with Crippen molar-refractivity contribution in [1.82, 2.24) is 9.88 Å². The summed E-state index contributed by atoms with van der Waals surface area (Å²) in [6, 6.07) is 12.0. The van der Waals surface area contributed by atoms with E-state index < -0.39 is 42.1 Å². The van der Waals surface area contributed by atoms with Crippen LogP contribution in [0.1, 0.15) is 22.8 Å². The second-order valence-corrected chi connectivity index (χ2v) is 14.0. The molecule has 2 aliphatic carbocycles. The summed E-state index contributed by atoms with van der Waals surface area (Å²) in [6.07, 6.45) is 0.646. The topological polar surface area (TPSA) is 155 Å². The molecule has 2 bridgehead atoms. The lowest BCUT2D eigenvalue weighted by Gasteiger charge is -2.43. The Morgan fingerprint density at radius 2 is 1.82 bits per heavy atom. The zero-order chi connectivity index (χ0) is 30.9. The molecule has 228 valence electrons. The van der Waals surface area contributed by atoms with Crippen molar-refractivity contribution in [3.8, 4) is 11.5 Å². The van der Waals surface area contributed by atoms with Gasteiger partial charge in [-0.3, -0.25) is 28.9 Å². The molecule has 4 aliphatic rings. The molecule has 6 unspecified atom stereocenters. The molecule has 1 saturated heterocycles. The van der Waals surface area contributed by atoms with Gasteiger partial charge >= 0.3 is 10.8 Å². The largest absolute Gasteiger partial charge is 0.497 e. The molecule has 2 saturated carbocycles. The van der Waals surface area contributed by atoms with Gasteiger partial charge in [0.15, 0.2) is 6.61 Å². The fraction of sp³-hybridized carbons (Fsp3) is 0.367. The van der Waals surface area contributed by atoms with E-state index in [1.165, 1.54) is 11.8 Å². The third kappa shape index (κ3) is 4.68. The predicted octanol–water partition coefficient (Wildman–Crippen LogP) is 3.67. The molecule has 0 radical (unpaired) electrons. The number of carbonyl (C=O) groups is 4. The van der Waals surface area contributed by atoms with Crippen molar-refractivity contribution in [3.63, 3.8) is 0 Å². The number of methoxy groups -OCH3 is 1. The number of hydrogen-bond acceptors (Lipinski definition) is 9. The number of anilines is 1. The summed E-state index contributed by atoms with van der Waals surface area (Å²) in [5, 5.41) is 13.2. The second kappa shape index (κ2) is 11.0. The third-order valence-electron chi connectivity index (χ3n) is 9.15. The van der Waals surface area contributed by atoms with E-state index in [9.17, 15) is 29.1 Å². The van der Waals surface area contributed by atoms with Gasteiger partial charge in [-0.1, -0.05) is 22.9 Å². The average molecular weight is 656 g/mol. The van der Waals surface area contributed by atoms with Gasteiger partial charge in [-0.05, 0) is 66.6 Å². The van der Waals surface area contributed by atoms with Crippen LogP contribution in [0.25, 0.3) is 0 Å². The summed E-state index contributed by atoms with van der Waals surface area (Å²) >= 11 is 9.11. The first-order valence-electron chi connectivity index (χ1n) is 14.0. The number of carbonyl (C=O) groups excluding carboxylic acids is 3. The predicted molar refractivity (Wildman–Crippen MR) is 161 cm³/mol. The molecule has 2 aliphatic heterocycles. The van der Waals surface area contributed by atoms with Crippen molar-refractivity contribution >= 4 is 64.1 Å². The molecular weight excluding hydrogens is 630 g/mol. The summed E-state index contributed by atoms with van der Waals surface area (Å²) in [5.74, 6) is -3.52. The number of thioether (sulfide) groups is 1. The number of nitrogens with zero attached hydrogens (tertiary/aromatic N) is 1. The van der Waals surface area contributed by atoms with E-state index in [1.807, 2.05) is 0 Å². The van der Waals surface area contributed by atoms with Crippen LogP contribution in [-0.2, 0) is 19.2 Å². The Balaban J connectivity index is 1.21. The number of nitrogens with one attached hydrogen (secondary N) is 2. The van der Waals surface area contributed by atoms with E-state index in [0.717, 1.165) is 21.1 Å². The highest BCUT2D eigenvalue weighted by molar-refractivity contribution is 8.00. The van der Waals surface area contributed by atoms with Crippen molar-refractivity contribution in [3.05, 3.63) is 67.6 Å². The lowest BCUT2D eigenvalue weighted by Crippen LogP contribution is -2.42. The molecule has 3 heterocycles. The number of aromatic amines is 1. The molecule has 3 amide bonds. The fourth-order valence-electron chi connectivity index (χ4n) is 7.63. The second-order valence-electron chi connectivity index (χ2n) is 11.4. The average Bonchev–Trinajstić information content (AvgIpc) is 3.73. The van der Waals surface area contributed by atoms with E-state index in [0.29, 0.717) is 39.2 Å². The van der Waals surface area contributed by atoms with Crippen LogP contribution in [0.2, 0.25) is 5.02 Å². The highest BCUT2D eigenvalue weighted by Gasteiger charge is 2.69. The number of carboxylic acid groups (broad SMARTS) is 1. The van der Waals surface area contributed by atoms with E-state index in [1.54, 1.807) is 49.6 Å². The van der Waals surface area contributed by atoms with Crippen LogP contribution in [0.15, 0.2) is 52.3 Å². The number of H-pyrrole nitrogens is 1. The number of aromatic nitrogens is 1. The van der Waals surface area contributed by atoms with Crippen LogP contribution in [0.4, 0.5) is 5.69 Å². The summed E-state index contributed by atoms with van der Waals surface area (Å²) in [5.41, 5.74) is 1.26. The first kappa shape index (κ1) is 28.9. The monoisotopic (exact) mass is 655 g/mol. The van der Waals surface area contributed by atoms with Gasteiger partial charge in [0, 0.05) is 32.3 Å². The number of ether oxygens (including phenoxy) is 2. The molecule has 14 heteroatoms. The third-order valence-corrected chi connectivity index (χ3v) is 12.0. The maximum Gasteiger partial charge on any atom is 0.323 e. The number of rotatable bonds is 8. The molecule has 3 fully saturated rings. The van der Waals surface area contributed by atoms with Gasteiger partial charge in [0.05, 0.1) is 24.0 Å². The van der Waals surface area contributed by atoms with Gasteiger partial charge < -0.3 is 24.9 Å². The summed E-state index contributed by atoms with van der Waals surface area (Å²) in [6.45, 7) is -0.943. The van der Waals surface area contributed by atoms with E-state index in [-0.39, 0.29) is 40.4 Å². The zero-order valence-electron chi connectivity index (χ0n) is 23.2. The fourth-order valence-corrected chi connectivity index (χ4v) is 10.7. The molecule has 3 N–H and O–H groups in total. The molecule has 3 aromatic rings. The van der Waals surface area contributed by atoms with Gasteiger partial charge in [-0.15, -0.1) is 11.8 Å². The number of hydrogen-bond donors (Lipinski definition) is 3. The highest BCUT2D eigenvalue weighted by atomic mass is 35.5. The van der Waals surface area contributed by atoms with Crippen LogP contribution in [0.3, 0.4) is 0 Å². The van der Waals surface area contributed by atoms with Crippen LogP contribution in [-0.4, -0.2) is 64.2 Å². The van der Waals surface area contributed by atoms with Crippen LogP contribution < -0.4 is 19.7 Å². The van der Waals surface area contributed by atoms with E-state index in [4.69, 9.17) is 21.1 Å². The van der Waals surface area contributed by atoms with Gasteiger partial charge in [0.1, 0.15) is 18.0 Å². The van der Waals surface area contributed by atoms with Crippen LogP contribution in [0.5, 0.6) is 11.5 Å². The van der Waals surface area contributed by atoms with Crippen molar-refractivity contribution in [2.45, 2.75) is 22.6 Å². The Morgan fingerprint density at radius 1 is 1.09 bits per heavy atom. The molecule has 0 spiro atoms. The number of aliphatic carboxylic acids is 1. The minimum absolute atomic E-state index is 0.101. The van der Waals surface area contributed by atoms with Gasteiger partial charge in [0.25, 0.3) is 5.91 Å². The first-order chi connectivity index (χ1) is 21.1. The van der Waals surface area contributed by atoms with Gasteiger partial charge in [-0.25, -0.2) is 0 Å². The minimum Gasteiger partial charge on any atom is -0.497 e.